The van der Waals surface area contributed by atoms with Crippen LogP contribution < -0.4 is 10.6 Å². The fourth-order valence-corrected chi connectivity index (χ4v) is 2.00. The Morgan fingerprint density at radius 2 is 2.46 bits per heavy atom. The second kappa shape index (κ2) is 3.38. The molecule has 0 spiro atoms. The van der Waals surface area contributed by atoms with Gasteiger partial charge in [-0.1, -0.05) is 6.92 Å². The summed E-state index contributed by atoms with van der Waals surface area (Å²) in [6.07, 6.45) is 4.75. The van der Waals surface area contributed by atoms with Gasteiger partial charge in [0, 0.05) is 31.5 Å². The van der Waals surface area contributed by atoms with E-state index in [9.17, 15) is 0 Å². The number of nitrogens with zero attached hydrogens (tertiary/aromatic N) is 2. The minimum absolute atomic E-state index is 0.286. The Morgan fingerprint density at radius 3 is 3.08 bits per heavy atom. The van der Waals surface area contributed by atoms with Gasteiger partial charge < -0.3 is 15.6 Å². The van der Waals surface area contributed by atoms with E-state index < -0.39 is 0 Å². The molecular weight excluding hydrogens is 164 g/mol. The van der Waals surface area contributed by atoms with Crippen molar-refractivity contribution in [1.29, 1.82) is 0 Å². The molecule has 0 bridgehead atoms. The Morgan fingerprint density at radius 1 is 1.62 bits per heavy atom. The summed E-state index contributed by atoms with van der Waals surface area (Å²) in [6.45, 7) is 4.20. The fourth-order valence-electron chi connectivity index (χ4n) is 2.00. The van der Waals surface area contributed by atoms with Crippen molar-refractivity contribution in [2.75, 3.05) is 18.0 Å². The Kier molecular flexibility index (Phi) is 2.22. The topological polar surface area (TPSA) is 57.9 Å². The van der Waals surface area contributed by atoms with Crippen molar-refractivity contribution in [2.24, 2.45) is 11.7 Å². The quantitative estimate of drug-likeness (QED) is 0.664. The molecule has 0 radical (unpaired) electrons. The lowest BCUT2D eigenvalue weighted by molar-refractivity contribution is 0.398. The largest absolute Gasteiger partial charge is 0.341 e. The van der Waals surface area contributed by atoms with Crippen LogP contribution in [-0.2, 0) is 0 Å². The number of aromatic amines is 1. The number of piperidine rings is 1. The van der Waals surface area contributed by atoms with Crippen molar-refractivity contribution in [3.63, 3.8) is 0 Å². The lowest BCUT2D eigenvalue weighted by atomic mass is 9.97. The van der Waals surface area contributed by atoms with Crippen LogP contribution in [0.25, 0.3) is 0 Å². The van der Waals surface area contributed by atoms with Crippen molar-refractivity contribution in [3.8, 4) is 0 Å². The Hall–Kier alpha value is -1.03. The molecule has 0 aliphatic carbocycles. The minimum atomic E-state index is 0.286. The number of anilines is 1. The number of rotatable bonds is 1. The highest BCUT2D eigenvalue weighted by Crippen LogP contribution is 2.18. The fraction of sp³-hybridized carbons (Fsp3) is 0.667. The van der Waals surface area contributed by atoms with E-state index in [-0.39, 0.29) is 6.04 Å². The molecule has 1 aromatic rings. The highest BCUT2D eigenvalue weighted by Gasteiger charge is 2.23. The highest BCUT2D eigenvalue weighted by atomic mass is 15.3. The van der Waals surface area contributed by atoms with Gasteiger partial charge in [0.25, 0.3) is 0 Å². The summed E-state index contributed by atoms with van der Waals surface area (Å²) in [5.74, 6) is 1.61. The van der Waals surface area contributed by atoms with Crippen molar-refractivity contribution < 1.29 is 0 Å². The summed E-state index contributed by atoms with van der Waals surface area (Å²) in [6, 6.07) is 0.286. The van der Waals surface area contributed by atoms with Gasteiger partial charge in [-0.25, -0.2) is 4.98 Å². The third kappa shape index (κ3) is 1.83. The van der Waals surface area contributed by atoms with Crippen LogP contribution in [0.2, 0.25) is 0 Å². The van der Waals surface area contributed by atoms with Crippen LogP contribution in [0, 0.1) is 5.92 Å². The van der Waals surface area contributed by atoms with Gasteiger partial charge >= 0.3 is 0 Å². The SMILES string of the molecule is CC1CC(N)CN(c2ncc[nH]2)C1. The van der Waals surface area contributed by atoms with E-state index in [0.717, 1.165) is 25.5 Å². The highest BCUT2D eigenvalue weighted by molar-refractivity contribution is 5.30. The van der Waals surface area contributed by atoms with Crippen molar-refractivity contribution in [2.45, 2.75) is 19.4 Å². The van der Waals surface area contributed by atoms with E-state index >= 15 is 0 Å². The first-order valence-electron chi connectivity index (χ1n) is 4.75. The molecule has 1 aliphatic rings. The van der Waals surface area contributed by atoms with Gasteiger partial charge in [-0.05, 0) is 12.3 Å². The molecule has 13 heavy (non-hydrogen) atoms. The molecule has 72 valence electrons. The zero-order valence-corrected chi connectivity index (χ0v) is 7.90. The molecule has 2 unspecified atom stereocenters. The first-order valence-corrected chi connectivity index (χ1v) is 4.75. The van der Waals surface area contributed by atoms with Gasteiger partial charge in [0.2, 0.25) is 5.95 Å². The Balaban J connectivity index is 2.07. The molecular formula is C9H16N4. The van der Waals surface area contributed by atoms with E-state index in [0.29, 0.717) is 5.92 Å². The summed E-state index contributed by atoms with van der Waals surface area (Å²) >= 11 is 0. The summed E-state index contributed by atoms with van der Waals surface area (Å²) in [7, 11) is 0. The average Bonchev–Trinajstić information content (AvgIpc) is 2.53. The second-order valence-electron chi connectivity index (χ2n) is 3.92. The maximum atomic E-state index is 5.94. The molecule has 2 atom stereocenters. The first-order chi connectivity index (χ1) is 6.25. The maximum absolute atomic E-state index is 5.94. The number of H-pyrrole nitrogens is 1. The smallest absolute Gasteiger partial charge is 0.202 e. The number of aromatic nitrogens is 2. The third-order valence-electron chi connectivity index (χ3n) is 2.48. The molecule has 1 aliphatic heterocycles. The van der Waals surface area contributed by atoms with Crippen LogP contribution in [0.4, 0.5) is 5.95 Å². The monoisotopic (exact) mass is 180 g/mol. The van der Waals surface area contributed by atoms with Crippen LogP contribution >= 0.6 is 0 Å². The molecule has 4 nitrogen and oxygen atoms in total. The summed E-state index contributed by atoms with van der Waals surface area (Å²) in [4.78, 5) is 9.55. The van der Waals surface area contributed by atoms with Crippen LogP contribution in [0.1, 0.15) is 13.3 Å². The molecule has 2 heterocycles. The molecule has 4 heteroatoms. The molecule has 3 N–H and O–H groups in total. The summed E-state index contributed by atoms with van der Waals surface area (Å²) in [5.41, 5.74) is 5.94. The number of nitrogens with two attached hydrogens (primary N) is 1. The number of hydrogen-bond acceptors (Lipinski definition) is 3. The van der Waals surface area contributed by atoms with Crippen LogP contribution in [-0.4, -0.2) is 29.1 Å². The minimum Gasteiger partial charge on any atom is -0.341 e. The predicted octanol–water partition coefficient (Wildman–Crippen LogP) is 0.583. The van der Waals surface area contributed by atoms with Gasteiger partial charge in [0.1, 0.15) is 0 Å². The molecule has 1 saturated heterocycles. The third-order valence-corrected chi connectivity index (χ3v) is 2.48. The second-order valence-corrected chi connectivity index (χ2v) is 3.92. The summed E-state index contributed by atoms with van der Waals surface area (Å²) in [5, 5.41) is 0. The van der Waals surface area contributed by atoms with Gasteiger partial charge in [0.05, 0.1) is 0 Å². The first kappa shape index (κ1) is 8.56. The predicted molar refractivity (Wildman–Crippen MR) is 52.6 cm³/mol. The number of nitrogens with one attached hydrogen (secondary N) is 1. The van der Waals surface area contributed by atoms with Gasteiger partial charge in [-0.2, -0.15) is 0 Å². The Bertz CT molecular complexity index is 247. The maximum Gasteiger partial charge on any atom is 0.202 e. The lowest BCUT2D eigenvalue weighted by Gasteiger charge is -2.34. The van der Waals surface area contributed by atoms with E-state index in [4.69, 9.17) is 5.73 Å². The van der Waals surface area contributed by atoms with E-state index in [2.05, 4.69) is 21.8 Å². The van der Waals surface area contributed by atoms with Gasteiger partial charge in [0.15, 0.2) is 0 Å². The standard InChI is InChI=1S/C9H16N4/c1-7-4-8(10)6-13(5-7)9-11-2-3-12-9/h2-3,7-8H,4-6,10H2,1H3,(H,11,12). The molecule has 0 saturated carbocycles. The molecule has 1 fully saturated rings. The van der Waals surface area contributed by atoms with E-state index in [1.54, 1.807) is 6.20 Å². The molecule has 0 aromatic carbocycles. The van der Waals surface area contributed by atoms with Crippen LogP contribution in [0.5, 0.6) is 0 Å². The normalized spacial score (nSPS) is 29.2. The van der Waals surface area contributed by atoms with Crippen LogP contribution in [0.3, 0.4) is 0 Å². The number of hydrogen-bond donors (Lipinski definition) is 2. The Labute approximate surface area is 78.1 Å². The van der Waals surface area contributed by atoms with E-state index in [1.165, 1.54) is 0 Å². The van der Waals surface area contributed by atoms with Crippen LogP contribution in [0.15, 0.2) is 12.4 Å². The van der Waals surface area contributed by atoms with Crippen molar-refractivity contribution >= 4 is 5.95 Å². The zero-order chi connectivity index (χ0) is 9.26. The van der Waals surface area contributed by atoms with Gasteiger partial charge in [-0.3, -0.25) is 0 Å². The van der Waals surface area contributed by atoms with Gasteiger partial charge in [-0.15, -0.1) is 0 Å². The van der Waals surface area contributed by atoms with E-state index in [1.807, 2.05) is 6.20 Å². The molecule has 0 amide bonds. The summed E-state index contributed by atoms with van der Waals surface area (Å²) < 4.78 is 0. The molecule has 1 aromatic heterocycles. The van der Waals surface area contributed by atoms with Crippen molar-refractivity contribution in [1.82, 2.24) is 9.97 Å². The zero-order valence-electron chi connectivity index (χ0n) is 7.90. The lowest BCUT2D eigenvalue weighted by Crippen LogP contribution is -2.46. The average molecular weight is 180 g/mol. The number of imidazole rings is 1. The van der Waals surface area contributed by atoms with Crippen molar-refractivity contribution in [3.05, 3.63) is 12.4 Å². The molecule has 2 rings (SSSR count).